The van der Waals surface area contributed by atoms with E-state index in [1.165, 1.54) is 19.1 Å². The molecule has 172 valence electrons. The molecular formula is C22H25F2N3O5. The van der Waals surface area contributed by atoms with E-state index in [4.69, 9.17) is 10.5 Å². The van der Waals surface area contributed by atoms with E-state index in [9.17, 15) is 23.2 Å². The molecule has 1 aliphatic carbocycles. The Balaban J connectivity index is 1.97. The number of nitrogens with two attached hydrogens (primary N) is 1. The van der Waals surface area contributed by atoms with E-state index in [0.717, 1.165) is 0 Å². The van der Waals surface area contributed by atoms with Gasteiger partial charge < -0.3 is 25.4 Å². The summed E-state index contributed by atoms with van der Waals surface area (Å²) in [6, 6.07) is 3.87. The maximum absolute atomic E-state index is 12.7. The molecule has 1 aromatic carbocycles. The molecule has 2 aliphatic rings. The highest BCUT2D eigenvalue weighted by atomic mass is 19.3. The molecule has 0 bridgehead atoms. The van der Waals surface area contributed by atoms with Gasteiger partial charge in [-0.2, -0.15) is 8.78 Å². The number of allylic oxidation sites excluding steroid dienone is 2. The number of carbonyl (C=O) groups excluding carboxylic acids is 3. The molecule has 0 fully saturated rings. The average Bonchev–Trinajstić information content (AvgIpc) is 3.15. The van der Waals surface area contributed by atoms with Crippen molar-refractivity contribution in [1.82, 2.24) is 10.2 Å². The van der Waals surface area contributed by atoms with Crippen LogP contribution in [-0.2, 0) is 14.4 Å². The highest BCUT2D eigenvalue weighted by Crippen LogP contribution is 2.40. The number of ether oxygens (including phenoxy) is 2. The van der Waals surface area contributed by atoms with E-state index in [-0.39, 0.29) is 42.6 Å². The van der Waals surface area contributed by atoms with Crippen LogP contribution in [0.15, 0.2) is 41.7 Å². The second kappa shape index (κ2) is 9.80. The lowest BCUT2D eigenvalue weighted by Gasteiger charge is -2.29. The zero-order valence-corrected chi connectivity index (χ0v) is 17.8. The van der Waals surface area contributed by atoms with Crippen molar-refractivity contribution < 1.29 is 32.6 Å². The molecule has 3 N–H and O–H groups in total. The van der Waals surface area contributed by atoms with Gasteiger partial charge in [-0.25, -0.2) is 0 Å². The van der Waals surface area contributed by atoms with Gasteiger partial charge in [0.15, 0.2) is 11.5 Å². The molecule has 0 saturated carbocycles. The summed E-state index contributed by atoms with van der Waals surface area (Å²) in [5.41, 5.74) is 7.29. The Kier molecular flexibility index (Phi) is 7.12. The summed E-state index contributed by atoms with van der Waals surface area (Å²) < 4.78 is 35.4. The van der Waals surface area contributed by atoms with E-state index < -0.39 is 24.5 Å². The third kappa shape index (κ3) is 5.24. The van der Waals surface area contributed by atoms with Crippen molar-refractivity contribution in [3.8, 4) is 11.5 Å². The summed E-state index contributed by atoms with van der Waals surface area (Å²) in [5.74, 6) is -1.29. The number of rotatable bonds is 9. The molecule has 32 heavy (non-hydrogen) atoms. The summed E-state index contributed by atoms with van der Waals surface area (Å²) >= 11 is 0. The largest absolute Gasteiger partial charge is 0.490 e. The first-order valence-electron chi connectivity index (χ1n) is 10.2. The number of nitrogens with zero attached hydrogens (tertiary/aromatic N) is 1. The monoisotopic (exact) mass is 449 g/mol. The number of benzene rings is 1. The highest BCUT2D eigenvalue weighted by Gasteiger charge is 2.38. The van der Waals surface area contributed by atoms with Crippen molar-refractivity contribution in [3.63, 3.8) is 0 Å². The molecule has 0 radical (unpaired) electrons. The molecule has 1 aromatic rings. The number of amides is 2. The second-order valence-electron chi connectivity index (χ2n) is 7.51. The van der Waals surface area contributed by atoms with Crippen LogP contribution in [0.4, 0.5) is 8.78 Å². The predicted octanol–water partition coefficient (Wildman–Crippen LogP) is 2.41. The van der Waals surface area contributed by atoms with E-state index in [1.54, 1.807) is 25.3 Å². The third-order valence-electron chi connectivity index (χ3n) is 5.25. The number of alkyl halides is 2. The normalized spacial score (nSPS) is 18.6. The van der Waals surface area contributed by atoms with Crippen LogP contribution in [-0.4, -0.2) is 42.3 Å². The van der Waals surface area contributed by atoms with Crippen LogP contribution in [0.3, 0.4) is 0 Å². The maximum Gasteiger partial charge on any atom is 0.387 e. The second-order valence-corrected chi connectivity index (χ2v) is 7.51. The topological polar surface area (TPSA) is 111 Å². The van der Waals surface area contributed by atoms with Crippen LogP contribution in [0.25, 0.3) is 0 Å². The van der Waals surface area contributed by atoms with Crippen LogP contribution < -0.4 is 20.5 Å². The van der Waals surface area contributed by atoms with Crippen LogP contribution in [0, 0.1) is 5.92 Å². The maximum atomic E-state index is 12.7. The van der Waals surface area contributed by atoms with Gasteiger partial charge in [0.25, 0.3) is 0 Å². The van der Waals surface area contributed by atoms with Gasteiger partial charge in [0.05, 0.1) is 25.0 Å². The molecule has 0 spiro atoms. The Morgan fingerprint density at radius 2 is 2.06 bits per heavy atom. The number of ketones is 1. The average molecular weight is 449 g/mol. The summed E-state index contributed by atoms with van der Waals surface area (Å²) in [6.07, 6.45) is 3.52. The number of fused-ring (bicyclic) bond motifs is 1. The Hall–Kier alpha value is -3.43. The van der Waals surface area contributed by atoms with Crippen molar-refractivity contribution in [3.05, 3.63) is 47.3 Å². The lowest BCUT2D eigenvalue weighted by molar-refractivity contribution is -0.122. The van der Waals surface area contributed by atoms with Crippen LogP contribution in [0.2, 0.25) is 0 Å². The molecular weight excluding hydrogens is 424 g/mol. The molecule has 1 heterocycles. The number of Topliss-reactive ketones (excluding diaryl/α,β-unsaturated/α-hetero) is 1. The van der Waals surface area contributed by atoms with Gasteiger partial charge in [0.1, 0.15) is 5.78 Å². The molecule has 2 amide bonds. The van der Waals surface area contributed by atoms with Crippen molar-refractivity contribution in [1.29, 1.82) is 0 Å². The van der Waals surface area contributed by atoms with Gasteiger partial charge >= 0.3 is 6.61 Å². The number of nitrogens with one attached hydrogen (secondary N) is 1. The molecule has 10 heteroatoms. The fourth-order valence-electron chi connectivity index (χ4n) is 3.97. The number of hydrogen-bond acceptors (Lipinski definition) is 6. The molecule has 2 atom stereocenters. The summed E-state index contributed by atoms with van der Waals surface area (Å²) in [4.78, 5) is 37.7. The minimum Gasteiger partial charge on any atom is -0.490 e. The Morgan fingerprint density at radius 3 is 2.69 bits per heavy atom. The van der Waals surface area contributed by atoms with Crippen molar-refractivity contribution in [2.75, 3.05) is 13.2 Å². The molecule has 0 aromatic heterocycles. The van der Waals surface area contributed by atoms with Crippen LogP contribution >= 0.6 is 0 Å². The first kappa shape index (κ1) is 23.2. The minimum absolute atomic E-state index is 0.00126. The fourth-order valence-corrected chi connectivity index (χ4v) is 3.97. The van der Waals surface area contributed by atoms with Crippen molar-refractivity contribution in [2.45, 2.75) is 39.3 Å². The third-order valence-corrected chi connectivity index (χ3v) is 5.25. The first-order valence-corrected chi connectivity index (χ1v) is 10.2. The van der Waals surface area contributed by atoms with Gasteiger partial charge in [0, 0.05) is 37.4 Å². The van der Waals surface area contributed by atoms with Gasteiger partial charge in [0.2, 0.25) is 11.8 Å². The number of primary amides is 1. The minimum atomic E-state index is -3.02. The van der Waals surface area contributed by atoms with Gasteiger partial charge in [-0.05, 0) is 24.6 Å². The lowest BCUT2D eigenvalue weighted by atomic mass is 9.88. The number of halogens is 2. The zero-order chi connectivity index (χ0) is 23.4. The Morgan fingerprint density at radius 1 is 1.31 bits per heavy atom. The summed E-state index contributed by atoms with van der Waals surface area (Å²) in [6.45, 7) is 0.587. The summed E-state index contributed by atoms with van der Waals surface area (Å²) in [7, 11) is 0. The first-order chi connectivity index (χ1) is 15.2. The van der Waals surface area contributed by atoms with E-state index in [0.29, 0.717) is 23.4 Å². The van der Waals surface area contributed by atoms with E-state index in [2.05, 4.69) is 10.1 Å². The fraction of sp³-hybridized carbons (Fsp3) is 0.409. The van der Waals surface area contributed by atoms with Gasteiger partial charge in [-0.3, -0.25) is 14.4 Å². The molecule has 0 saturated heterocycles. The van der Waals surface area contributed by atoms with E-state index in [1.807, 2.05) is 4.90 Å². The van der Waals surface area contributed by atoms with Crippen molar-refractivity contribution in [2.24, 2.45) is 11.7 Å². The molecule has 3 rings (SSSR count). The molecule has 8 nitrogen and oxygen atoms in total. The Bertz CT molecular complexity index is 976. The van der Waals surface area contributed by atoms with Crippen LogP contribution in [0.5, 0.6) is 11.5 Å². The quantitative estimate of drug-likeness (QED) is 0.599. The smallest absolute Gasteiger partial charge is 0.387 e. The zero-order valence-electron chi connectivity index (χ0n) is 17.8. The number of hydrogen-bond donors (Lipinski definition) is 2. The number of carbonyl (C=O) groups is 3. The molecule has 2 unspecified atom stereocenters. The van der Waals surface area contributed by atoms with Crippen molar-refractivity contribution >= 4 is 17.6 Å². The SMILES string of the molecule is CCOc1cc(C(CC(N)=O)N2C=C3C(NC(C)=O)=CCC(=O)C3C2)ccc1OC(F)F. The van der Waals surface area contributed by atoms with E-state index >= 15 is 0 Å². The molecule has 1 aliphatic heterocycles. The van der Waals surface area contributed by atoms with Crippen LogP contribution in [0.1, 0.15) is 38.3 Å². The van der Waals surface area contributed by atoms with Gasteiger partial charge in [-0.15, -0.1) is 0 Å². The predicted molar refractivity (Wildman–Crippen MR) is 111 cm³/mol. The van der Waals surface area contributed by atoms with Gasteiger partial charge in [-0.1, -0.05) is 12.1 Å². The summed E-state index contributed by atoms with van der Waals surface area (Å²) in [5, 5.41) is 2.74. The Labute approximate surface area is 184 Å². The standard InChI is InChI=1S/C22H25F2N3O5/c1-3-31-20-8-13(4-7-19(20)32-22(23)24)17(9-21(25)30)27-10-14-15(11-27)18(29)6-5-16(14)26-12(2)28/h4-5,7-8,10,15,17,22H,3,6,9,11H2,1-2H3,(H2,25,30)(H,26,28). The highest BCUT2D eigenvalue weighted by molar-refractivity contribution is 5.90. The lowest BCUT2D eigenvalue weighted by Crippen LogP contribution is -2.32.